The van der Waals surface area contributed by atoms with Gasteiger partial charge in [0, 0.05) is 21.9 Å². The first-order valence-corrected chi connectivity index (χ1v) is 21.1. The molecule has 0 radical (unpaired) electrons. The van der Waals surface area contributed by atoms with Gasteiger partial charge in [-0.05, 0) is 79.9 Å². The van der Waals surface area contributed by atoms with Gasteiger partial charge in [0.05, 0.1) is 16.4 Å². The topological polar surface area (TPSA) is 43.6 Å². The third-order valence-corrected chi connectivity index (χ3v) is 12.6. The normalized spacial score (nSPS) is 12.6. The lowest BCUT2D eigenvalue weighted by Crippen LogP contribution is -2.28. The number of nitrogens with zero attached hydrogens (tertiary/aromatic N) is 4. The first-order valence-electron chi connectivity index (χ1n) is 21.1. The van der Waals surface area contributed by atoms with Crippen LogP contribution >= 0.6 is 0 Å². The van der Waals surface area contributed by atoms with Crippen molar-refractivity contribution in [1.29, 1.82) is 0 Å². The van der Waals surface area contributed by atoms with Gasteiger partial charge in [0.1, 0.15) is 0 Å². The van der Waals surface area contributed by atoms with Gasteiger partial charge in [0.25, 0.3) is 0 Å². The zero-order valence-corrected chi connectivity index (χ0v) is 33.7. The lowest BCUT2D eigenvalue weighted by molar-refractivity contribution is 0.769. The Kier molecular flexibility index (Phi) is 8.36. The molecule has 0 amide bonds. The minimum Gasteiger partial charge on any atom is -0.278 e. The Balaban J connectivity index is 1.12. The van der Waals surface area contributed by atoms with E-state index >= 15 is 0 Å². The maximum absolute atomic E-state index is 5.25. The summed E-state index contributed by atoms with van der Waals surface area (Å²) in [4.78, 5) is 15.5. The summed E-state index contributed by atoms with van der Waals surface area (Å²) in [6, 6.07) is 82.5. The van der Waals surface area contributed by atoms with E-state index in [4.69, 9.17) is 15.0 Å². The fourth-order valence-electron chi connectivity index (χ4n) is 9.75. The average Bonchev–Trinajstić information content (AvgIpc) is 3.85. The molecule has 0 unspecified atom stereocenters. The van der Waals surface area contributed by atoms with Gasteiger partial charge >= 0.3 is 0 Å². The van der Waals surface area contributed by atoms with Crippen LogP contribution in [0.4, 0.5) is 0 Å². The van der Waals surface area contributed by atoms with Crippen molar-refractivity contribution in [3.63, 3.8) is 0 Å². The maximum Gasteiger partial charge on any atom is 0.238 e. The van der Waals surface area contributed by atoms with Crippen molar-refractivity contribution < 1.29 is 0 Å². The minimum atomic E-state index is -0.496. The van der Waals surface area contributed by atoms with Crippen LogP contribution < -0.4 is 0 Å². The van der Waals surface area contributed by atoms with E-state index in [0.29, 0.717) is 17.6 Å². The molecule has 0 aliphatic heterocycles. The lowest BCUT2D eigenvalue weighted by Gasteiger charge is -2.34. The van der Waals surface area contributed by atoms with Crippen molar-refractivity contribution in [2.75, 3.05) is 0 Å². The number of fused-ring (bicyclic) bond motifs is 6. The van der Waals surface area contributed by atoms with E-state index < -0.39 is 5.41 Å². The molecular weight excluding hydrogens is 753 g/mol. The van der Waals surface area contributed by atoms with Gasteiger partial charge in [-0.25, -0.2) is 4.98 Å². The molecule has 4 nitrogen and oxygen atoms in total. The Hall–Kier alpha value is -8.21. The second-order valence-corrected chi connectivity index (χ2v) is 16.0. The highest BCUT2D eigenvalue weighted by molar-refractivity contribution is 6.11. The van der Waals surface area contributed by atoms with Crippen molar-refractivity contribution in [3.05, 3.63) is 253 Å². The smallest absolute Gasteiger partial charge is 0.238 e. The molecule has 2 aromatic heterocycles. The summed E-state index contributed by atoms with van der Waals surface area (Å²) in [5.41, 5.74) is 15.6. The number of aromatic nitrogens is 4. The fraction of sp³-hybridized carbons (Fsp3) is 0.0172. The Bertz CT molecular complexity index is 3340. The monoisotopic (exact) mass is 790 g/mol. The van der Waals surface area contributed by atoms with E-state index in [9.17, 15) is 0 Å². The maximum atomic E-state index is 5.25. The van der Waals surface area contributed by atoms with E-state index in [1.165, 1.54) is 38.9 Å². The molecule has 0 saturated heterocycles. The third kappa shape index (κ3) is 5.65. The van der Waals surface area contributed by atoms with E-state index in [-0.39, 0.29) is 0 Å². The van der Waals surface area contributed by atoms with Crippen LogP contribution in [-0.2, 0) is 5.41 Å². The number of rotatable bonds is 7. The van der Waals surface area contributed by atoms with Crippen molar-refractivity contribution in [1.82, 2.24) is 19.5 Å². The van der Waals surface area contributed by atoms with Gasteiger partial charge in [-0.3, -0.25) is 4.57 Å². The molecule has 0 saturated carbocycles. The minimum absolute atomic E-state index is 0.496. The first-order chi connectivity index (χ1) is 30.7. The highest BCUT2D eigenvalue weighted by atomic mass is 15.2. The molecule has 290 valence electrons. The van der Waals surface area contributed by atoms with Crippen molar-refractivity contribution >= 4 is 21.8 Å². The predicted octanol–water partition coefficient (Wildman–Crippen LogP) is 14.0. The molecule has 4 heteroatoms. The molecule has 62 heavy (non-hydrogen) atoms. The van der Waals surface area contributed by atoms with E-state index in [2.05, 4.69) is 199 Å². The van der Waals surface area contributed by atoms with E-state index in [0.717, 1.165) is 49.6 Å². The van der Waals surface area contributed by atoms with Gasteiger partial charge in [-0.1, -0.05) is 206 Å². The Morgan fingerprint density at radius 2 is 0.790 bits per heavy atom. The Morgan fingerprint density at radius 3 is 1.42 bits per heavy atom. The first kappa shape index (κ1) is 35.7. The zero-order valence-electron chi connectivity index (χ0n) is 33.7. The Labute approximate surface area is 360 Å². The van der Waals surface area contributed by atoms with Crippen LogP contribution in [-0.4, -0.2) is 19.5 Å². The van der Waals surface area contributed by atoms with Crippen LogP contribution in [0.3, 0.4) is 0 Å². The van der Waals surface area contributed by atoms with E-state index in [1.807, 2.05) is 36.4 Å². The molecule has 0 spiro atoms. The van der Waals surface area contributed by atoms with Crippen LogP contribution in [0.5, 0.6) is 0 Å². The average molecular weight is 791 g/mol. The summed E-state index contributed by atoms with van der Waals surface area (Å²) in [6.07, 6.45) is 0. The van der Waals surface area contributed by atoms with Gasteiger partial charge < -0.3 is 0 Å². The molecule has 2 heterocycles. The summed E-state index contributed by atoms with van der Waals surface area (Å²) in [5.74, 6) is 1.81. The predicted molar refractivity (Wildman–Crippen MR) is 253 cm³/mol. The van der Waals surface area contributed by atoms with Crippen LogP contribution in [0, 0.1) is 0 Å². The van der Waals surface area contributed by atoms with E-state index in [1.54, 1.807) is 0 Å². The molecule has 0 atom stereocenters. The van der Waals surface area contributed by atoms with Crippen molar-refractivity contribution in [3.8, 4) is 62.1 Å². The number of benzene rings is 9. The number of hydrogen-bond donors (Lipinski definition) is 0. The molecule has 0 N–H and O–H groups in total. The fourth-order valence-corrected chi connectivity index (χ4v) is 9.75. The van der Waals surface area contributed by atoms with Crippen molar-refractivity contribution in [2.45, 2.75) is 5.41 Å². The SMILES string of the molecule is c1ccc(-c2ccc3c(c2)c2ccc(-c4ccc5c(c4)C(c4ccccc4)(c4ccccc4)c4ccccc4-5)cc2n3-c2nc(-c3ccccc3)nc(-c3ccccc3)n2)cc1. The second kappa shape index (κ2) is 14.5. The molecule has 12 rings (SSSR count). The van der Waals surface area contributed by atoms with Gasteiger partial charge in [-0.2, -0.15) is 9.97 Å². The van der Waals surface area contributed by atoms with Crippen LogP contribution in [0.15, 0.2) is 231 Å². The molecule has 9 aromatic carbocycles. The molecular formula is C58H38N4. The number of hydrogen-bond acceptors (Lipinski definition) is 3. The zero-order chi connectivity index (χ0) is 41.0. The highest BCUT2D eigenvalue weighted by Gasteiger charge is 2.46. The van der Waals surface area contributed by atoms with Gasteiger partial charge in [0.15, 0.2) is 11.6 Å². The largest absolute Gasteiger partial charge is 0.278 e. The molecule has 1 aliphatic carbocycles. The summed E-state index contributed by atoms with van der Waals surface area (Å²) < 4.78 is 2.23. The Morgan fingerprint density at radius 1 is 0.306 bits per heavy atom. The van der Waals surface area contributed by atoms with Crippen LogP contribution in [0.2, 0.25) is 0 Å². The van der Waals surface area contributed by atoms with Crippen LogP contribution in [0.25, 0.3) is 83.9 Å². The molecule has 1 aliphatic rings. The third-order valence-electron chi connectivity index (χ3n) is 12.6. The summed E-state index contributed by atoms with van der Waals surface area (Å²) in [6.45, 7) is 0. The summed E-state index contributed by atoms with van der Waals surface area (Å²) in [7, 11) is 0. The summed E-state index contributed by atoms with van der Waals surface area (Å²) in [5, 5.41) is 2.26. The molecule has 0 bridgehead atoms. The summed E-state index contributed by atoms with van der Waals surface area (Å²) >= 11 is 0. The van der Waals surface area contributed by atoms with Crippen molar-refractivity contribution in [2.24, 2.45) is 0 Å². The molecule has 11 aromatic rings. The van der Waals surface area contributed by atoms with Crippen LogP contribution in [0.1, 0.15) is 22.3 Å². The standard InChI is InChI=1S/C58H38N4/c1-6-18-39(19-7-1)42-32-35-53-50(36-42)49-34-31-44(38-54(49)62(53)57-60-55(40-20-8-2-9-21-40)59-56(61-57)41-22-10-3-11-23-41)43-30-33-48-47-28-16-17-29-51(47)58(52(48)37-43,45-24-12-4-13-25-45)46-26-14-5-15-27-46/h1-38H. The highest BCUT2D eigenvalue weighted by Crippen LogP contribution is 2.56. The quantitative estimate of drug-likeness (QED) is 0.161. The van der Waals surface area contributed by atoms with Gasteiger partial charge in [-0.15, -0.1) is 0 Å². The second-order valence-electron chi connectivity index (χ2n) is 16.0. The van der Waals surface area contributed by atoms with Gasteiger partial charge in [0.2, 0.25) is 5.95 Å². The lowest BCUT2D eigenvalue weighted by atomic mass is 9.67. The molecule has 0 fully saturated rings.